The molecule has 0 aromatic rings. The molecule has 2 atom stereocenters. The SMILES string of the molecule is CSCC[C@H](N)C(=O)OC(=O)[C@@H](N)CC(N)=O. The monoisotopic (exact) mass is 263 g/mol. The summed E-state index contributed by atoms with van der Waals surface area (Å²) in [6.07, 6.45) is 1.90. The Morgan fingerprint density at radius 3 is 2.18 bits per heavy atom. The minimum atomic E-state index is -1.23. The number of thioether (sulfide) groups is 1. The molecule has 0 aromatic heterocycles. The first-order valence-electron chi connectivity index (χ1n) is 4.92. The van der Waals surface area contributed by atoms with Gasteiger partial charge in [0.2, 0.25) is 5.91 Å². The first-order chi connectivity index (χ1) is 7.88. The minimum Gasteiger partial charge on any atom is -0.391 e. The lowest BCUT2D eigenvalue weighted by Crippen LogP contribution is -2.41. The van der Waals surface area contributed by atoms with Gasteiger partial charge in [0.05, 0.1) is 6.42 Å². The molecule has 0 saturated carbocycles. The second-order valence-corrected chi connectivity index (χ2v) is 4.39. The normalized spacial score (nSPS) is 13.8. The summed E-state index contributed by atoms with van der Waals surface area (Å²) in [6.45, 7) is 0. The molecule has 17 heavy (non-hydrogen) atoms. The molecule has 0 aliphatic heterocycles. The number of carbonyl (C=O) groups excluding carboxylic acids is 3. The van der Waals surface area contributed by atoms with E-state index in [0.717, 1.165) is 0 Å². The zero-order chi connectivity index (χ0) is 13.4. The van der Waals surface area contributed by atoms with Crippen LogP contribution < -0.4 is 17.2 Å². The highest BCUT2D eigenvalue weighted by Gasteiger charge is 2.23. The molecular formula is C9H17N3O4S. The van der Waals surface area contributed by atoms with Crippen molar-refractivity contribution < 1.29 is 19.1 Å². The lowest BCUT2D eigenvalue weighted by atomic mass is 10.2. The molecule has 98 valence electrons. The van der Waals surface area contributed by atoms with Gasteiger partial charge in [0.25, 0.3) is 0 Å². The number of carbonyl (C=O) groups is 3. The van der Waals surface area contributed by atoms with Crippen LogP contribution in [0.25, 0.3) is 0 Å². The van der Waals surface area contributed by atoms with Crippen LogP contribution in [-0.4, -0.2) is 41.9 Å². The van der Waals surface area contributed by atoms with Crippen molar-refractivity contribution in [2.75, 3.05) is 12.0 Å². The third-order valence-corrected chi connectivity index (χ3v) is 2.50. The van der Waals surface area contributed by atoms with Crippen molar-refractivity contribution in [3.05, 3.63) is 0 Å². The quantitative estimate of drug-likeness (QED) is 0.369. The summed E-state index contributed by atoms with van der Waals surface area (Å²) < 4.78 is 4.43. The highest BCUT2D eigenvalue weighted by atomic mass is 32.2. The summed E-state index contributed by atoms with van der Waals surface area (Å²) in [4.78, 5) is 33.0. The van der Waals surface area contributed by atoms with Crippen molar-refractivity contribution in [2.45, 2.75) is 24.9 Å². The van der Waals surface area contributed by atoms with Crippen LogP contribution in [0.15, 0.2) is 0 Å². The van der Waals surface area contributed by atoms with E-state index < -0.39 is 29.9 Å². The fraction of sp³-hybridized carbons (Fsp3) is 0.667. The summed E-state index contributed by atoms with van der Waals surface area (Å²) in [7, 11) is 0. The number of nitrogens with two attached hydrogens (primary N) is 3. The predicted molar refractivity (Wildman–Crippen MR) is 63.9 cm³/mol. The standard InChI is InChI=1S/C9H17N3O4S/c1-17-3-2-5(10)8(14)16-9(15)6(11)4-7(12)13/h5-6H,2-4,10-11H2,1H3,(H2,12,13)/t5-,6-/m0/s1. The highest BCUT2D eigenvalue weighted by Crippen LogP contribution is 2.01. The average molecular weight is 263 g/mol. The third-order valence-electron chi connectivity index (χ3n) is 1.86. The number of esters is 2. The molecule has 0 spiro atoms. The maximum atomic E-state index is 11.3. The van der Waals surface area contributed by atoms with E-state index in [2.05, 4.69) is 4.74 Å². The summed E-state index contributed by atoms with van der Waals surface area (Å²) in [5, 5.41) is 0. The van der Waals surface area contributed by atoms with E-state index in [4.69, 9.17) is 17.2 Å². The first-order valence-corrected chi connectivity index (χ1v) is 6.31. The van der Waals surface area contributed by atoms with Crippen molar-refractivity contribution in [1.82, 2.24) is 0 Å². The second kappa shape index (κ2) is 8.04. The number of amides is 1. The van der Waals surface area contributed by atoms with Crippen molar-refractivity contribution in [2.24, 2.45) is 17.2 Å². The van der Waals surface area contributed by atoms with Crippen LogP contribution in [0.1, 0.15) is 12.8 Å². The third kappa shape index (κ3) is 6.93. The van der Waals surface area contributed by atoms with E-state index in [1.165, 1.54) is 11.8 Å². The van der Waals surface area contributed by atoms with E-state index in [-0.39, 0.29) is 6.42 Å². The van der Waals surface area contributed by atoms with E-state index >= 15 is 0 Å². The van der Waals surface area contributed by atoms with Gasteiger partial charge in [0.1, 0.15) is 12.1 Å². The number of hydrogen-bond donors (Lipinski definition) is 3. The Morgan fingerprint density at radius 1 is 1.18 bits per heavy atom. The molecule has 0 saturated heterocycles. The Balaban J connectivity index is 4.10. The molecule has 0 aliphatic rings. The lowest BCUT2D eigenvalue weighted by molar-refractivity contribution is -0.162. The summed E-state index contributed by atoms with van der Waals surface area (Å²) in [5.41, 5.74) is 15.6. The maximum absolute atomic E-state index is 11.3. The smallest absolute Gasteiger partial charge is 0.331 e. The molecular weight excluding hydrogens is 246 g/mol. The Hall–Kier alpha value is -1.12. The Kier molecular flexibility index (Phi) is 7.51. The molecule has 0 aromatic carbocycles. The van der Waals surface area contributed by atoms with E-state index in [9.17, 15) is 14.4 Å². The van der Waals surface area contributed by atoms with Gasteiger partial charge < -0.3 is 21.9 Å². The fourth-order valence-electron chi connectivity index (χ4n) is 0.913. The molecule has 0 bridgehead atoms. The molecule has 8 heteroatoms. The second-order valence-electron chi connectivity index (χ2n) is 3.41. The van der Waals surface area contributed by atoms with Crippen LogP contribution in [-0.2, 0) is 19.1 Å². The number of primary amides is 1. The zero-order valence-electron chi connectivity index (χ0n) is 9.55. The average Bonchev–Trinajstić information content (AvgIpc) is 2.24. The minimum absolute atomic E-state index is 0.369. The summed E-state index contributed by atoms with van der Waals surface area (Å²) in [5.74, 6) is -1.90. The Labute approximate surface area is 103 Å². The fourth-order valence-corrected chi connectivity index (χ4v) is 1.40. The molecule has 0 heterocycles. The molecule has 7 nitrogen and oxygen atoms in total. The van der Waals surface area contributed by atoms with Crippen LogP contribution in [0.4, 0.5) is 0 Å². The van der Waals surface area contributed by atoms with Crippen LogP contribution in [0, 0.1) is 0 Å². The van der Waals surface area contributed by atoms with Gasteiger partial charge >= 0.3 is 11.9 Å². The molecule has 1 amide bonds. The van der Waals surface area contributed by atoms with Crippen molar-refractivity contribution >= 4 is 29.6 Å². The van der Waals surface area contributed by atoms with Gasteiger partial charge in [0.15, 0.2) is 0 Å². The molecule has 0 rings (SSSR count). The zero-order valence-corrected chi connectivity index (χ0v) is 10.4. The van der Waals surface area contributed by atoms with Gasteiger partial charge in [-0.2, -0.15) is 11.8 Å². The van der Waals surface area contributed by atoms with Crippen LogP contribution >= 0.6 is 11.8 Å². The van der Waals surface area contributed by atoms with E-state index in [1.54, 1.807) is 0 Å². The molecule has 0 fully saturated rings. The van der Waals surface area contributed by atoms with Gasteiger partial charge in [-0.25, -0.2) is 9.59 Å². The van der Waals surface area contributed by atoms with Gasteiger partial charge in [-0.3, -0.25) is 4.79 Å². The predicted octanol–water partition coefficient (Wildman–Crippen LogP) is -1.66. The van der Waals surface area contributed by atoms with Gasteiger partial charge in [-0.1, -0.05) is 0 Å². The van der Waals surface area contributed by atoms with Crippen LogP contribution in [0.2, 0.25) is 0 Å². The topological polar surface area (TPSA) is 138 Å². The number of rotatable bonds is 7. The first kappa shape index (κ1) is 15.9. The highest BCUT2D eigenvalue weighted by molar-refractivity contribution is 7.98. The number of hydrogen-bond acceptors (Lipinski definition) is 7. The summed E-state index contributed by atoms with van der Waals surface area (Å²) >= 11 is 1.52. The van der Waals surface area contributed by atoms with Crippen molar-refractivity contribution in [3.63, 3.8) is 0 Å². The Morgan fingerprint density at radius 2 is 1.71 bits per heavy atom. The van der Waals surface area contributed by atoms with Gasteiger partial charge in [-0.15, -0.1) is 0 Å². The van der Waals surface area contributed by atoms with Crippen LogP contribution in [0.5, 0.6) is 0 Å². The molecule has 0 radical (unpaired) electrons. The van der Waals surface area contributed by atoms with Gasteiger partial charge in [-0.05, 0) is 18.4 Å². The van der Waals surface area contributed by atoms with E-state index in [0.29, 0.717) is 12.2 Å². The van der Waals surface area contributed by atoms with Crippen LogP contribution in [0.3, 0.4) is 0 Å². The van der Waals surface area contributed by atoms with E-state index in [1.807, 2.05) is 6.26 Å². The molecule has 0 aliphatic carbocycles. The largest absolute Gasteiger partial charge is 0.391 e. The molecule has 6 N–H and O–H groups in total. The van der Waals surface area contributed by atoms with Gasteiger partial charge in [0, 0.05) is 0 Å². The Bertz CT molecular complexity index is 298. The summed E-state index contributed by atoms with van der Waals surface area (Å²) in [6, 6.07) is -2.10. The molecule has 0 unspecified atom stereocenters. The number of ether oxygens (including phenoxy) is 1. The van der Waals surface area contributed by atoms with Crippen molar-refractivity contribution in [1.29, 1.82) is 0 Å². The maximum Gasteiger partial charge on any atom is 0.331 e. The lowest BCUT2D eigenvalue weighted by Gasteiger charge is -2.12. The van der Waals surface area contributed by atoms with Crippen molar-refractivity contribution in [3.8, 4) is 0 Å².